The van der Waals surface area contributed by atoms with Gasteiger partial charge in [0.1, 0.15) is 0 Å². The van der Waals surface area contributed by atoms with Gasteiger partial charge in [0, 0.05) is 6.42 Å². The molecule has 150 valence electrons. The third-order valence-corrected chi connectivity index (χ3v) is 9.60. The van der Waals surface area contributed by atoms with Crippen LogP contribution in [0.4, 0.5) is 0 Å². The largest absolute Gasteiger partial charge is 0.393 e. The summed E-state index contributed by atoms with van der Waals surface area (Å²) >= 11 is 0. The maximum atomic E-state index is 11.3. The number of allylic oxidation sites excluding steroid dienone is 1. The molecule has 0 saturated heterocycles. The number of aliphatic hydroxyl groups is 2. The second kappa shape index (κ2) is 6.64. The molecule has 4 unspecified atom stereocenters. The molecule has 0 bridgehead atoms. The summed E-state index contributed by atoms with van der Waals surface area (Å²) in [6.07, 6.45) is 18.4. The normalized spacial score (nSPS) is 48.4. The molecule has 2 nitrogen and oxygen atoms in total. The average molecular weight is 371 g/mol. The Morgan fingerprint density at radius 2 is 1.96 bits per heavy atom. The second-order valence-electron chi connectivity index (χ2n) is 10.9. The van der Waals surface area contributed by atoms with Crippen molar-refractivity contribution in [3.8, 4) is 12.3 Å². The molecule has 0 amide bonds. The van der Waals surface area contributed by atoms with E-state index in [1.165, 1.54) is 25.7 Å². The quantitative estimate of drug-likeness (QED) is 0.536. The Bertz CT molecular complexity index is 656. The summed E-state index contributed by atoms with van der Waals surface area (Å²) in [7, 11) is 0. The van der Waals surface area contributed by atoms with Gasteiger partial charge in [-0.05, 0) is 99.2 Å². The van der Waals surface area contributed by atoms with Gasteiger partial charge >= 0.3 is 0 Å². The zero-order chi connectivity index (χ0) is 19.4. The first kappa shape index (κ1) is 19.5. The number of hydrogen-bond donors (Lipinski definition) is 2. The molecule has 2 N–H and O–H groups in total. The molecule has 4 aliphatic carbocycles. The molecule has 3 fully saturated rings. The van der Waals surface area contributed by atoms with Crippen LogP contribution < -0.4 is 0 Å². The van der Waals surface area contributed by atoms with Gasteiger partial charge in [0.15, 0.2) is 0 Å². The van der Waals surface area contributed by atoms with Crippen LogP contribution in [0.25, 0.3) is 0 Å². The topological polar surface area (TPSA) is 40.5 Å². The van der Waals surface area contributed by atoms with E-state index in [2.05, 4.69) is 25.8 Å². The summed E-state index contributed by atoms with van der Waals surface area (Å²) in [6, 6.07) is 0. The standard InChI is InChI=1S/C25H38O2/c1-5-6-13-25(4,27)22-10-9-20-19-8-7-17-16-18(26)11-14-23(17,2)21(19)12-15-24(20,22)3/h1,7,18-22,26-27H,6,8-16H2,2-4H3/t18-,19?,20?,21?,22?,23-,24-,25+/m0/s1. The third-order valence-electron chi connectivity index (χ3n) is 9.60. The Balaban J connectivity index is 1.60. The Labute approximate surface area is 165 Å². The van der Waals surface area contributed by atoms with Crippen molar-refractivity contribution in [3.05, 3.63) is 11.6 Å². The zero-order valence-corrected chi connectivity index (χ0v) is 17.5. The molecule has 0 radical (unpaired) electrons. The minimum atomic E-state index is -0.642. The van der Waals surface area contributed by atoms with Crippen molar-refractivity contribution >= 4 is 0 Å². The SMILES string of the molecule is C#CCC[C@@](C)(O)C1CCC2C3CC=C4C[C@@H](O)CC[C@]4(C)C3CC[C@@]21C. The van der Waals surface area contributed by atoms with Crippen LogP contribution in [0.2, 0.25) is 0 Å². The molecule has 0 aliphatic heterocycles. The van der Waals surface area contributed by atoms with Crippen molar-refractivity contribution < 1.29 is 10.2 Å². The van der Waals surface area contributed by atoms with Crippen LogP contribution in [0.5, 0.6) is 0 Å². The van der Waals surface area contributed by atoms with Gasteiger partial charge in [0.2, 0.25) is 0 Å². The Morgan fingerprint density at radius 3 is 2.70 bits per heavy atom. The summed E-state index contributed by atoms with van der Waals surface area (Å²) in [5, 5.41) is 21.4. The first-order valence-corrected chi connectivity index (χ1v) is 11.3. The Hall–Kier alpha value is -0.780. The molecule has 27 heavy (non-hydrogen) atoms. The number of aliphatic hydroxyl groups excluding tert-OH is 1. The Morgan fingerprint density at radius 1 is 1.19 bits per heavy atom. The number of rotatable bonds is 3. The number of hydrogen-bond acceptors (Lipinski definition) is 2. The second-order valence-corrected chi connectivity index (χ2v) is 10.9. The van der Waals surface area contributed by atoms with Crippen LogP contribution >= 0.6 is 0 Å². The predicted molar refractivity (Wildman–Crippen MR) is 110 cm³/mol. The van der Waals surface area contributed by atoms with Crippen LogP contribution in [0.1, 0.15) is 85.0 Å². The maximum Gasteiger partial charge on any atom is 0.0662 e. The lowest BCUT2D eigenvalue weighted by Gasteiger charge is -2.59. The van der Waals surface area contributed by atoms with Crippen molar-refractivity contribution in [1.82, 2.24) is 0 Å². The molecule has 4 rings (SSSR count). The van der Waals surface area contributed by atoms with E-state index in [1.807, 2.05) is 6.92 Å². The first-order chi connectivity index (χ1) is 12.7. The van der Waals surface area contributed by atoms with Crippen LogP contribution in [-0.2, 0) is 0 Å². The molecule has 0 heterocycles. The molecule has 2 heteroatoms. The van der Waals surface area contributed by atoms with Gasteiger partial charge in [0.05, 0.1) is 11.7 Å². The van der Waals surface area contributed by atoms with E-state index >= 15 is 0 Å². The summed E-state index contributed by atoms with van der Waals surface area (Å²) in [5.74, 6) is 5.33. The predicted octanol–water partition coefficient (Wildman–Crippen LogP) is 5.09. The smallest absolute Gasteiger partial charge is 0.0662 e. The van der Waals surface area contributed by atoms with Gasteiger partial charge in [-0.2, -0.15) is 0 Å². The highest BCUT2D eigenvalue weighted by atomic mass is 16.3. The highest BCUT2D eigenvalue weighted by molar-refractivity contribution is 5.25. The third kappa shape index (κ3) is 2.92. The van der Waals surface area contributed by atoms with Crippen molar-refractivity contribution in [2.45, 2.75) is 96.7 Å². The number of fused-ring (bicyclic) bond motifs is 5. The summed E-state index contributed by atoms with van der Waals surface area (Å²) in [6.45, 7) is 7.00. The fraction of sp³-hybridized carbons (Fsp3) is 0.840. The molecule has 3 saturated carbocycles. The van der Waals surface area contributed by atoms with Gasteiger partial charge in [0.25, 0.3) is 0 Å². The monoisotopic (exact) mass is 370 g/mol. The van der Waals surface area contributed by atoms with Crippen LogP contribution in [0, 0.1) is 46.8 Å². The summed E-state index contributed by atoms with van der Waals surface area (Å²) in [4.78, 5) is 0. The van der Waals surface area contributed by atoms with E-state index in [-0.39, 0.29) is 11.5 Å². The van der Waals surface area contributed by atoms with E-state index in [0.717, 1.165) is 49.9 Å². The van der Waals surface area contributed by atoms with Crippen LogP contribution in [0.3, 0.4) is 0 Å². The van der Waals surface area contributed by atoms with Gasteiger partial charge in [-0.1, -0.05) is 25.5 Å². The zero-order valence-electron chi connectivity index (χ0n) is 17.5. The molecule has 4 aliphatic rings. The van der Waals surface area contributed by atoms with Crippen LogP contribution in [-0.4, -0.2) is 21.9 Å². The maximum absolute atomic E-state index is 11.3. The molecular weight excluding hydrogens is 332 g/mol. The molecule has 0 aromatic carbocycles. The van der Waals surface area contributed by atoms with E-state index in [4.69, 9.17) is 6.42 Å². The van der Waals surface area contributed by atoms with Crippen LogP contribution in [0.15, 0.2) is 11.6 Å². The van der Waals surface area contributed by atoms with Crippen molar-refractivity contribution in [2.24, 2.45) is 34.5 Å². The van der Waals surface area contributed by atoms with E-state index in [0.29, 0.717) is 17.8 Å². The van der Waals surface area contributed by atoms with Gasteiger partial charge in [-0.15, -0.1) is 12.3 Å². The summed E-state index contributed by atoms with van der Waals surface area (Å²) < 4.78 is 0. The fourth-order valence-corrected chi connectivity index (χ4v) is 8.16. The highest BCUT2D eigenvalue weighted by Gasteiger charge is 2.61. The Kier molecular flexibility index (Phi) is 4.80. The lowest BCUT2D eigenvalue weighted by Crippen LogP contribution is -2.53. The van der Waals surface area contributed by atoms with E-state index < -0.39 is 5.60 Å². The van der Waals surface area contributed by atoms with Gasteiger partial charge < -0.3 is 10.2 Å². The first-order valence-electron chi connectivity index (χ1n) is 11.3. The van der Waals surface area contributed by atoms with Gasteiger partial charge in [-0.25, -0.2) is 0 Å². The highest BCUT2D eigenvalue weighted by Crippen LogP contribution is 2.67. The molecule has 0 aromatic heterocycles. The summed E-state index contributed by atoms with van der Waals surface area (Å²) in [5.41, 5.74) is 1.45. The lowest BCUT2D eigenvalue weighted by molar-refractivity contribution is -0.104. The number of terminal acetylenes is 1. The minimum Gasteiger partial charge on any atom is -0.393 e. The molecule has 8 atom stereocenters. The lowest BCUT2D eigenvalue weighted by atomic mass is 9.46. The van der Waals surface area contributed by atoms with E-state index in [9.17, 15) is 10.2 Å². The van der Waals surface area contributed by atoms with Crippen molar-refractivity contribution in [2.75, 3.05) is 0 Å². The van der Waals surface area contributed by atoms with Crippen molar-refractivity contribution in [1.29, 1.82) is 0 Å². The fourth-order valence-electron chi connectivity index (χ4n) is 8.16. The molecule has 0 spiro atoms. The minimum absolute atomic E-state index is 0.128. The molecular formula is C25H38O2. The van der Waals surface area contributed by atoms with Crippen molar-refractivity contribution in [3.63, 3.8) is 0 Å². The molecule has 0 aromatic rings. The average Bonchev–Trinajstić information content (AvgIpc) is 2.99. The van der Waals surface area contributed by atoms with E-state index in [1.54, 1.807) is 5.57 Å². The van der Waals surface area contributed by atoms with Gasteiger partial charge in [-0.3, -0.25) is 0 Å².